The largest absolute Gasteiger partial charge is 0.376 e. The topological polar surface area (TPSA) is 104 Å². The highest BCUT2D eigenvalue weighted by Crippen LogP contribution is 2.36. The van der Waals surface area contributed by atoms with Crippen molar-refractivity contribution in [2.75, 3.05) is 25.3 Å². The van der Waals surface area contributed by atoms with Crippen molar-refractivity contribution in [1.29, 1.82) is 0 Å². The van der Waals surface area contributed by atoms with E-state index in [9.17, 15) is 10.1 Å². The van der Waals surface area contributed by atoms with Gasteiger partial charge in [-0.15, -0.1) is 0 Å². The van der Waals surface area contributed by atoms with Crippen LogP contribution in [0.2, 0.25) is 5.15 Å². The summed E-state index contributed by atoms with van der Waals surface area (Å²) in [6.07, 6.45) is 0.443. The molecule has 0 amide bonds. The van der Waals surface area contributed by atoms with Gasteiger partial charge in [0.2, 0.25) is 11.0 Å². The Balaban J connectivity index is 2.36. The van der Waals surface area contributed by atoms with E-state index >= 15 is 0 Å². The maximum Gasteiger partial charge on any atom is 0.348 e. The first-order valence-corrected chi connectivity index (χ1v) is 9.36. The molecule has 1 aromatic heterocycles. The number of ether oxygens (including phenoxy) is 2. The monoisotopic (exact) mass is 401 g/mol. The van der Waals surface area contributed by atoms with Crippen LogP contribution in [0.1, 0.15) is 19.8 Å². The molecule has 1 unspecified atom stereocenters. The predicted octanol–water partition coefficient (Wildman–Crippen LogP) is 3.04. The summed E-state index contributed by atoms with van der Waals surface area (Å²) in [4.78, 5) is 22.6. The average Bonchev–Trinajstić information content (AvgIpc) is 2.95. The number of aromatic nitrogens is 2. The lowest BCUT2D eigenvalue weighted by Gasteiger charge is -2.22. The number of hydrogen-bond acceptors (Lipinski definition) is 8. The van der Waals surface area contributed by atoms with Gasteiger partial charge in [-0.05, 0) is 6.42 Å². The zero-order valence-corrected chi connectivity index (χ0v) is 16.2. The molecule has 1 N–H and O–H groups in total. The van der Waals surface area contributed by atoms with E-state index < -0.39 is 23.2 Å². The summed E-state index contributed by atoms with van der Waals surface area (Å²) in [7, 11) is 3.03. The fourth-order valence-electron chi connectivity index (χ4n) is 2.94. The van der Waals surface area contributed by atoms with E-state index in [0.29, 0.717) is 11.6 Å². The molecule has 1 aliphatic carbocycles. The Bertz CT molecular complexity index is 701. The highest BCUT2D eigenvalue weighted by Gasteiger charge is 2.49. The molecule has 2 rings (SSSR count). The minimum atomic E-state index is -0.615. The Morgan fingerprint density at radius 1 is 1.42 bits per heavy atom. The van der Waals surface area contributed by atoms with Crippen LogP contribution in [0.25, 0.3) is 4.85 Å². The SMILES string of the molecule is [C-]#[N+][C@H]1CC(Nc2nc(SCCC)nc(Cl)c2[N+](=O)[O-])[C@H](OC)[C@@H]1OC. The first-order valence-electron chi connectivity index (χ1n) is 8.00. The van der Waals surface area contributed by atoms with E-state index in [4.69, 9.17) is 27.6 Å². The van der Waals surface area contributed by atoms with E-state index in [1.807, 2.05) is 6.92 Å². The highest BCUT2D eigenvalue weighted by molar-refractivity contribution is 7.99. The number of nitro groups is 1. The van der Waals surface area contributed by atoms with Gasteiger partial charge in [0.25, 0.3) is 6.04 Å². The molecule has 9 nitrogen and oxygen atoms in total. The molecule has 0 bridgehead atoms. The summed E-state index contributed by atoms with van der Waals surface area (Å²) in [5.74, 6) is 0.796. The van der Waals surface area contributed by atoms with Gasteiger partial charge in [-0.2, -0.15) is 4.98 Å². The quantitative estimate of drug-likeness (QED) is 0.177. The van der Waals surface area contributed by atoms with Crippen molar-refractivity contribution in [2.24, 2.45) is 0 Å². The number of thioether (sulfide) groups is 1. The van der Waals surface area contributed by atoms with Crippen LogP contribution in [-0.2, 0) is 9.47 Å². The Labute approximate surface area is 160 Å². The van der Waals surface area contributed by atoms with E-state index in [-0.39, 0.29) is 22.7 Å². The third kappa shape index (κ3) is 4.35. The number of methoxy groups -OCH3 is 2. The van der Waals surface area contributed by atoms with Crippen LogP contribution in [0.3, 0.4) is 0 Å². The van der Waals surface area contributed by atoms with Crippen LogP contribution in [-0.4, -0.2) is 59.2 Å². The van der Waals surface area contributed by atoms with Crippen LogP contribution in [0.15, 0.2) is 5.16 Å². The van der Waals surface area contributed by atoms with Crippen molar-refractivity contribution in [3.8, 4) is 0 Å². The maximum absolute atomic E-state index is 11.4. The molecular formula is C15H20ClN5O4S. The summed E-state index contributed by atoms with van der Waals surface area (Å²) in [6, 6.07) is -0.787. The average molecular weight is 402 g/mol. The van der Waals surface area contributed by atoms with Crippen molar-refractivity contribution in [2.45, 2.75) is 49.2 Å². The summed E-state index contributed by atoms with van der Waals surface area (Å²) >= 11 is 7.40. The maximum atomic E-state index is 11.4. The normalized spacial score (nSPS) is 25.0. The number of nitrogens with zero attached hydrogens (tertiary/aromatic N) is 4. The standard InChI is InChI=1S/C15H20ClN5O4S/c1-5-6-26-15-19-13(16)10(21(22)23)14(20-15)18-9-7-8(17-2)11(24-3)12(9)25-4/h8-9,11-12H,5-7H2,1,3-4H3,(H,18,19,20)/t8-,9?,11+,12-/m0/s1. The molecular weight excluding hydrogens is 382 g/mol. The van der Waals surface area contributed by atoms with Crippen LogP contribution in [0, 0.1) is 16.7 Å². The van der Waals surface area contributed by atoms with Gasteiger partial charge >= 0.3 is 5.69 Å². The fourth-order valence-corrected chi connectivity index (χ4v) is 3.92. The number of anilines is 1. The second-order valence-corrected chi connectivity index (χ2v) is 7.10. The summed E-state index contributed by atoms with van der Waals surface area (Å²) in [5.41, 5.74) is -0.386. The lowest BCUT2D eigenvalue weighted by Crippen LogP contribution is -2.38. The molecule has 4 atom stereocenters. The minimum absolute atomic E-state index is 0.0288. The fraction of sp³-hybridized carbons (Fsp3) is 0.667. The highest BCUT2D eigenvalue weighted by atomic mass is 35.5. The van der Waals surface area contributed by atoms with Gasteiger partial charge in [0.1, 0.15) is 6.10 Å². The Kier molecular flexibility index (Phi) is 7.40. The second kappa shape index (κ2) is 9.32. The van der Waals surface area contributed by atoms with Gasteiger partial charge in [-0.1, -0.05) is 30.3 Å². The van der Waals surface area contributed by atoms with Crippen molar-refractivity contribution in [3.05, 3.63) is 26.7 Å². The molecule has 26 heavy (non-hydrogen) atoms. The predicted molar refractivity (Wildman–Crippen MR) is 98.7 cm³/mol. The van der Waals surface area contributed by atoms with Gasteiger partial charge in [0.15, 0.2) is 11.3 Å². The molecule has 142 valence electrons. The molecule has 1 aliphatic rings. The van der Waals surface area contributed by atoms with Gasteiger partial charge < -0.3 is 19.6 Å². The third-order valence-electron chi connectivity index (χ3n) is 4.07. The first kappa shape index (κ1) is 20.6. The van der Waals surface area contributed by atoms with E-state index in [1.54, 1.807) is 0 Å². The van der Waals surface area contributed by atoms with Gasteiger partial charge in [0, 0.05) is 26.4 Å². The van der Waals surface area contributed by atoms with Crippen molar-refractivity contribution in [1.82, 2.24) is 9.97 Å². The zero-order chi connectivity index (χ0) is 19.3. The van der Waals surface area contributed by atoms with Crippen LogP contribution in [0.4, 0.5) is 11.5 Å². The Morgan fingerprint density at radius 2 is 2.12 bits per heavy atom. The molecule has 0 aliphatic heterocycles. The summed E-state index contributed by atoms with van der Waals surface area (Å²) in [6.45, 7) is 9.34. The second-order valence-electron chi connectivity index (χ2n) is 5.68. The minimum Gasteiger partial charge on any atom is -0.376 e. The van der Waals surface area contributed by atoms with Gasteiger partial charge in [-0.3, -0.25) is 10.1 Å². The summed E-state index contributed by atoms with van der Waals surface area (Å²) in [5, 5.41) is 14.6. The Morgan fingerprint density at radius 3 is 2.65 bits per heavy atom. The number of nitrogens with one attached hydrogen (secondary N) is 1. The van der Waals surface area contributed by atoms with E-state index in [2.05, 4.69) is 20.1 Å². The molecule has 0 aromatic carbocycles. The number of rotatable bonds is 8. The first-order chi connectivity index (χ1) is 12.5. The van der Waals surface area contributed by atoms with Gasteiger partial charge in [0.05, 0.1) is 11.0 Å². The third-order valence-corrected chi connectivity index (χ3v) is 5.38. The van der Waals surface area contributed by atoms with Crippen LogP contribution < -0.4 is 5.32 Å². The number of hydrogen-bond donors (Lipinski definition) is 1. The van der Waals surface area contributed by atoms with Crippen molar-refractivity contribution in [3.63, 3.8) is 0 Å². The molecule has 1 aromatic rings. The smallest absolute Gasteiger partial charge is 0.348 e. The van der Waals surface area contributed by atoms with Crippen molar-refractivity contribution >= 4 is 34.9 Å². The number of halogens is 1. The molecule has 1 saturated carbocycles. The molecule has 0 saturated heterocycles. The zero-order valence-electron chi connectivity index (χ0n) is 14.6. The van der Waals surface area contributed by atoms with Crippen LogP contribution in [0.5, 0.6) is 0 Å². The van der Waals surface area contributed by atoms with Crippen molar-refractivity contribution < 1.29 is 14.4 Å². The summed E-state index contributed by atoms with van der Waals surface area (Å²) < 4.78 is 10.9. The van der Waals surface area contributed by atoms with E-state index in [0.717, 1.165) is 12.2 Å². The van der Waals surface area contributed by atoms with E-state index in [1.165, 1.54) is 26.0 Å². The Hall–Kier alpha value is -1.67. The molecule has 11 heteroatoms. The molecule has 0 radical (unpaired) electrons. The molecule has 1 heterocycles. The van der Waals surface area contributed by atoms with Gasteiger partial charge in [-0.25, -0.2) is 11.6 Å². The van der Waals surface area contributed by atoms with Crippen LogP contribution >= 0.6 is 23.4 Å². The molecule has 0 spiro atoms. The lowest BCUT2D eigenvalue weighted by molar-refractivity contribution is -0.384. The lowest BCUT2D eigenvalue weighted by atomic mass is 10.2. The molecule has 1 fully saturated rings.